The lowest BCUT2D eigenvalue weighted by molar-refractivity contribution is 0.0528. The molecule has 0 aromatic carbocycles. The van der Waals surface area contributed by atoms with Crippen LogP contribution in [0.2, 0.25) is 0 Å². The number of hydrogen-bond acceptors (Lipinski definition) is 3. The van der Waals surface area contributed by atoms with Crippen LogP contribution in [-0.2, 0) is 17.7 Å². The van der Waals surface area contributed by atoms with Gasteiger partial charge < -0.3 is 14.6 Å². The third kappa shape index (κ3) is 6.65. The van der Waals surface area contributed by atoms with Gasteiger partial charge in [0, 0.05) is 31.4 Å². The summed E-state index contributed by atoms with van der Waals surface area (Å²) in [5.74, 6) is 0. The van der Waals surface area contributed by atoms with Crippen molar-refractivity contribution in [3.63, 3.8) is 0 Å². The number of ether oxygens (including phenoxy) is 1. The van der Waals surface area contributed by atoms with Crippen molar-refractivity contribution < 1.29 is 9.53 Å². The summed E-state index contributed by atoms with van der Waals surface area (Å²) in [7, 11) is 0. The summed E-state index contributed by atoms with van der Waals surface area (Å²) < 4.78 is 7.38. The lowest BCUT2D eigenvalue weighted by Gasteiger charge is -2.24. The van der Waals surface area contributed by atoms with E-state index in [1.165, 1.54) is 0 Å². The summed E-state index contributed by atoms with van der Waals surface area (Å²) in [6, 6.07) is 0. The maximum Gasteiger partial charge on any atom is 0.407 e. The van der Waals surface area contributed by atoms with E-state index in [0.29, 0.717) is 6.54 Å². The van der Waals surface area contributed by atoms with Crippen molar-refractivity contribution in [2.75, 3.05) is 6.54 Å². The highest BCUT2D eigenvalue weighted by atomic mass is 16.6. The highest BCUT2D eigenvalue weighted by Gasteiger charge is 2.18. The van der Waals surface area contributed by atoms with Gasteiger partial charge in [0.25, 0.3) is 0 Å². The number of hydrogen-bond donors (Lipinski definition) is 1. The minimum absolute atomic E-state index is 0.244. The maximum atomic E-state index is 11.6. The predicted octanol–water partition coefficient (Wildman–Crippen LogP) is 3.39. The molecule has 1 amide bonds. The van der Waals surface area contributed by atoms with E-state index in [1.807, 2.05) is 33.3 Å². The van der Waals surface area contributed by atoms with E-state index in [1.54, 1.807) is 0 Å². The van der Waals surface area contributed by atoms with Crippen LogP contribution in [-0.4, -0.2) is 27.8 Å². The first-order valence-electron chi connectivity index (χ1n) is 7.59. The van der Waals surface area contributed by atoms with Crippen LogP contribution in [0.25, 0.3) is 0 Å². The van der Waals surface area contributed by atoms with Gasteiger partial charge in [0.05, 0.1) is 6.33 Å². The van der Waals surface area contributed by atoms with Gasteiger partial charge in [-0.1, -0.05) is 20.8 Å². The SMILES string of the molecule is CCC(C)(C)Cn1cncc1CCNC(=O)OC(C)(C)C. The average Bonchev–Trinajstić information content (AvgIpc) is 2.74. The Morgan fingerprint density at radius 3 is 2.57 bits per heavy atom. The summed E-state index contributed by atoms with van der Waals surface area (Å²) in [5.41, 5.74) is 0.915. The number of alkyl carbamates (subject to hydrolysis) is 1. The zero-order valence-electron chi connectivity index (χ0n) is 14.2. The lowest BCUT2D eigenvalue weighted by Crippen LogP contribution is -2.33. The molecular weight excluding hydrogens is 266 g/mol. The molecule has 1 rings (SSSR count). The second-order valence-corrected chi connectivity index (χ2v) is 7.21. The molecule has 0 radical (unpaired) electrons. The molecule has 1 aromatic heterocycles. The van der Waals surface area contributed by atoms with Gasteiger partial charge in [-0.3, -0.25) is 0 Å². The van der Waals surface area contributed by atoms with Gasteiger partial charge in [0.2, 0.25) is 0 Å². The molecule has 0 saturated heterocycles. The first kappa shape index (κ1) is 17.5. The molecule has 5 nitrogen and oxygen atoms in total. The molecule has 0 aliphatic heterocycles. The fourth-order valence-electron chi connectivity index (χ4n) is 1.88. The Morgan fingerprint density at radius 2 is 2.00 bits per heavy atom. The van der Waals surface area contributed by atoms with Crippen molar-refractivity contribution in [3.8, 4) is 0 Å². The number of nitrogens with zero attached hydrogens (tertiary/aromatic N) is 2. The second-order valence-electron chi connectivity index (χ2n) is 7.21. The molecular formula is C16H29N3O2. The first-order chi connectivity index (χ1) is 9.63. The van der Waals surface area contributed by atoms with Crippen LogP contribution in [0.5, 0.6) is 0 Å². The zero-order chi connectivity index (χ0) is 16.1. The first-order valence-corrected chi connectivity index (χ1v) is 7.59. The smallest absolute Gasteiger partial charge is 0.407 e. The average molecular weight is 295 g/mol. The Balaban J connectivity index is 2.47. The number of carbonyl (C=O) groups excluding carboxylic acids is 1. The van der Waals surface area contributed by atoms with Crippen molar-refractivity contribution in [1.29, 1.82) is 0 Å². The Kier molecular flexibility index (Phi) is 5.81. The van der Waals surface area contributed by atoms with Crippen LogP contribution >= 0.6 is 0 Å². The van der Waals surface area contributed by atoms with Gasteiger partial charge in [-0.15, -0.1) is 0 Å². The molecule has 21 heavy (non-hydrogen) atoms. The minimum Gasteiger partial charge on any atom is -0.444 e. The molecule has 120 valence electrons. The summed E-state index contributed by atoms with van der Waals surface area (Å²) in [4.78, 5) is 15.8. The van der Waals surface area contributed by atoms with E-state index < -0.39 is 5.60 Å². The van der Waals surface area contributed by atoms with E-state index in [9.17, 15) is 4.79 Å². The van der Waals surface area contributed by atoms with Crippen LogP contribution in [0.1, 0.15) is 53.7 Å². The van der Waals surface area contributed by atoms with Gasteiger partial charge in [0.1, 0.15) is 5.60 Å². The molecule has 0 aliphatic rings. The zero-order valence-corrected chi connectivity index (χ0v) is 14.2. The number of amides is 1. The third-order valence-electron chi connectivity index (χ3n) is 3.40. The monoisotopic (exact) mass is 295 g/mol. The summed E-state index contributed by atoms with van der Waals surface area (Å²) in [5, 5.41) is 2.78. The van der Waals surface area contributed by atoms with E-state index in [2.05, 4.69) is 35.6 Å². The molecule has 1 heterocycles. The van der Waals surface area contributed by atoms with Gasteiger partial charge in [0.15, 0.2) is 0 Å². The van der Waals surface area contributed by atoms with Gasteiger partial charge in [-0.2, -0.15) is 0 Å². The minimum atomic E-state index is -0.461. The van der Waals surface area contributed by atoms with Crippen LogP contribution < -0.4 is 5.32 Å². The molecule has 0 unspecified atom stereocenters. The van der Waals surface area contributed by atoms with Crippen molar-refractivity contribution in [2.24, 2.45) is 5.41 Å². The van der Waals surface area contributed by atoms with Crippen molar-refractivity contribution >= 4 is 6.09 Å². The van der Waals surface area contributed by atoms with Crippen LogP contribution in [0.3, 0.4) is 0 Å². The Labute approximate surface area is 128 Å². The van der Waals surface area contributed by atoms with Gasteiger partial charge >= 0.3 is 6.09 Å². The molecule has 0 atom stereocenters. The largest absolute Gasteiger partial charge is 0.444 e. The van der Waals surface area contributed by atoms with E-state index in [-0.39, 0.29) is 11.5 Å². The normalized spacial score (nSPS) is 12.3. The number of carbonyl (C=O) groups is 1. The third-order valence-corrected chi connectivity index (χ3v) is 3.40. The highest BCUT2D eigenvalue weighted by Crippen LogP contribution is 2.22. The van der Waals surface area contributed by atoms with Crippen LogP contribution in [0, 0.1) is 5.41 Å². The fourth-order valence-corrected chi connectivity index (χ4v) is 1.88. The standard InChI is InChI=1S/C16H29N3O2/c1-7-16(5,6)11-19-12-17-10-13(19)8-9-18-14(20)21-15(2,3)4/h10,12H,7-9,11H2,1-6H3,(H,18,20). The molecule has 0 spiro atoms. The molecule has 0 aliphatic carbocycles. The van der Waals surface area contributed by atoms with Gasteiger partial charge in [-0.05, 0) is 32.6 Å². The van der Waals surface area contributed by atoms with E-state index in [4.69, 9.17) is 4.74 Å². The maximum absolute atomic E-state index is 11.6. The summed E-state index contributed by atoms with van der Waals surface area (Å²) in [6.45, 7) is 13.7. The van der Waals surface area contributed by atoms with Crippen LogP contribution in [0.15, 0.2) is 12.5 Å². The predicted molar refractivity (Wildman–Crippen MR) is 84.2 cm³/mol. The topological polar surface area (TPSA) is 56.2 Å². The summed E-state index contributed by atoms with van der Waals surface area (Å²) >= 11 is 0. The molecule has 0 saturated carbocycles. The molecule has 1 N–H and O–H groups in total. The quantitative estimate of drug-likeness (QED) is 0.875. The van der Waals surface area contributed by atoms with Crippen LogP contribution in [0.4, 0.5) is 4.79 Å². The second kappa shape index (κ2) is 6.96. The van der Waals surface area contributed by atoms with E-state index >= 15 is 0 Å². The Bertz CT molecular complexity index is 458. The number of nitrogens with one attached hydrogen (secondary N) is 1. The number of rotatable bonds is 6. The van der Waals surface area contributed by atoms with Crippen molar-refractivity contribution in [1.82, 2.24) is 14.9 Å². The number of aromatic nitrogens is 2. The van der Waals surface area contributed by atoms with Crippen molar-refractivity contribution in [3.05, 3.63) is 18.2 Å². The highest BCUT2D eigenvalue weighted by molar-refractivity contribution is 5.67. The molecule has 5 heteroatoms. The number of imidazole rings is 1. The lowest BCUT2D eigenvalue weighted by atomic mass is 9.90. The van der Waals surface area contributed by atoms with Crippen molar-refractivity contribution in [2.45, 2.75) is 66.5 Å². The molecule has 0 fully saturated rings. The Hall–Kier alpha value is -1.52. The van der Waals surface area contributed by atoms with E-state index in [0.717, 1.165) is 25.1 Å². The molecule has 1 aromatic rings. The Morgan fingerprint density at radius 1 is 1.33 bits per heavy atom. The molecule has 0 bridgehead atoms. The summed E-state index contributed by atoms with van der Waals surface area (Å²) in [6.07, 6.45) is 5.21. The fraction of sp³-hybridized carbons (Fsp3) is 0.750. The van der Waals surface area contributed by atoms with Gasteiger partial charge in [-0.25, -0.2) is 9.78 Å².